The third-order valence-electron chi connectivity index (χ3n) is 2.86. The summed E-state index contributed by atoms with van der Waals surface area (Å²) in [6, 6.07) is 16.5. The molecule has 100 valence electrons. The summed E-state index contributed by atoms with van der Waals surface area (Å²) in [5.41, 5.74) is 2.58. The average molecular weight is 267 g/mol. The van der Waals surface area contributed by atoms with Crippen molar-refractivity contribution in [2.75, 3.05) is 0 Å². The van der Waals surface area contributed by atoms with Crippen molar-refractivity contribution in [3.63, 3.8) is 0 Å². The van der Waals surface area contributed by atoms with Gasteiger partial charge in [0.25, 0.3) is 0 Å². The fourth-order valence-electron chi connectivity index (χ4n) is 1.72. The molecule has 4 nitrogen and oxygen atoms in total. The number of carboxylic acid groups (broad SMARTS) is 1. The van der Waals surface area contributed by atoms with Crippen LogP contribution in [-0.4, -0.2) is 17.2 Å². The van der Waals surface area contributed by atoms with Gasteiger partial charge in [-0.2, -0.15) is 5.26 Å². The molecule has 0 saturated heterocycles. The second-order valence-electron chi connectivity index (χ2n) is 4.31. The lowest BCUT2D eigenvalue weighted by molar-refractivity contribution is -0.144. The molecule has 0 amide bonds. The van der Waals surface area contributed by atoms with Gasteiger partial charge in [0.15, 0.2) is 6.10 Å². The first-order chi connectivity index (χ1) is 9.60. The third kappa shape index (κ3) is 3.15. The van der Waals surface area contributed by atoms with E-state index in [-0.39, 0.29) is 0 Å². The van der Waals surface area contributed by atoms with E-state index in [2.05, 4.69) is 6.07 Å². The SMILES string of the molecule is CC(Oc1ccc(-c2ccc(C#N)cc2)cc1)C(=O)O. The van der Waals surface area contributed by atoms with Gasteiger partial charge in [0.05, 0.1) is 11.6 Å². The molecular weight excluding hydrogens is 254 g/mol. The Labute approximate surface area is 116 Å². The number of rotatable bonds is 4. The maximum absolute atomic E-state index is 10.7. The Morgan fingerprint density at radius 3 is 2.05 bits per heavy atom. The molecule has 20 heavy (non-hydrogen) atoms. The number of nitrogens with zero attached hydrogens (tertiary/aromatic N) is 1. The van der Waals surface area contributed by atoms with Crippen LogP contribution in [0.5, 0.6) is 5.75 Å². The molecule has 0 aliphatic heterocycles. The number of ether oxygens (including phenoxy) is 1. The molecule has 1 N–H and O–H groups in total. The molecule has 0 fully saturated rings. The van der Waals surface area contributed by atoms with E-state index in [1.807, 2.05) is 24.3 Å². The smallest absolute Gasteiger partial charge is 0.344 e. The molecule has 1 atom stereocenters. The third-order valence-corrected chi connectivity index (χ3v) is 2.86. The van der Waals surface area contributed by atoms with Crippen molar-refractivity contribution in [1.29, 1.82) is 5.26 Å². The average Bonchev–Trinajstić information content (AvgIpc) is 2.48. The van der Waals surface area contributed by atoms with Gasteiger partial charge in [-0.25, -0.2) is 4.79 Å². The van der Waals surface area contributed by atoms with Crippen molar-refractivity contribution in [2.24, 2.45) is 0 Å². The summed E-state index contributed by atoms with van der Waals surface area (Å²) >= 11 is 0. The number of hydrogen-bond acceptors (Lipinski definition) is 3. The second-order valence-corrected chi connectivity index (χ2v) is 4.31. The minimum atomic E-state index is -0.999. The molecule has 4 heteroatoms. The molecular formula is C16H13NO3. The zero-order valence-corrected chi connectivity index (χ0v) is 10.9. The highest BCUT2D eigenvalue weighted by atomic mass is 16.5. The lowest BCUT2D eigenvalue weighted by atomic mass is 10.0. The monoisotopic (exact) mass is 267 g/mol. The Morgan fingerprint density at radius 2 is 1.60 bits per heavy atom. The van der Waals surface area contributed by atoms with Gasteiger partial charge in [0.1, 0.15) is 5.75 Å². The van der Waals surface area contributed by atoms with E-state index in [0.717, 1.165) is 11.1 Å². The van der Waals surface area contributed by atoms with Crippen LogP contribution in [0.2, 0.25) is 0 Å². The molecule has 0 aromatic heterocycles. The Balaban J connectivity index is 2.15. The van der Waals surface area contributed by atoms with Gasteiger partial charge in [-0.1, -0.05) is 24.3 Å². The minimum absolute atomic E-state index is 0.511. The van der Waals surface area contributed by atoms with Crippen LogP contribution in [0.15, 0.2) is 48.5 Å². The molecule has 0 radical (unpaired) electrons. The molecule has 2 aromatic carbocycles. The van der Waals surface area contributed by atoms with Crippen LogP contribution in [0.3, 0.4) is 0 Å². The fraction of sp³-hybridized carbons (Fsp3) is 0.125. The topological polar surface area (TPSA) is 70.3 Å². The van der Waals surface area contributed by atoms with Gasteiger partial charge < -0.3 is 9.84 Å². The fourth-order valence-corrected chi connectivity index (χ4v) is 1.72. The summed E-state index contributed by atoms with van der Waals surface area (Å²) in [4.78, 5) is 10.7. The molecule has 0 bridgehead atoms. The minimum Gasteiger partial charge on any atom is -0.479 e. The van der Waals surface area contributed by atoms with Crippen LogP contribution in [0.1, 0.15) is 12.5 Å². The Hall–Kier alpha value is -2.80. The van der Waals surface area contributed by atoms with Crippen LogP contribution >= 0.6 is 0 Å². The van der Waals surface area contributed by atoms with Crippen LogP contribution < -0.4 is 4.74 Å². The van der Waals surface area contributed by atoms with Crippen molar-refractivity contribution < 1.29 is 14.6 Å². The number of aliphatic carboxylic acids is 1. The predicted octanol–water partition coefficient (Wildman–Crippen LogP) is 3.08. The predicted molar refractivity (Wildman–Crippen MR) is 74.3 cm³/mol. The van der Waals surface area contributed by atoms with Crippen LogP contribution in [-0.2, 0) is 4.79 Å². The molecule has 2 rings (SSSR count). The van der Waals surface area contributed by atoms with Crippen LogP contribution in [0.4, 0.5) is 0 Å². The van der Waals surface area contributed by atoms with E-state index in [0.29, 0.717) is 11.3 Å². The van der Waals surface area contributed by atoms with Crippen molar-refractivity contribution in [3.05, 3.63) is 54.1 Å². The van der Waals surface area contributed by atoms with Crippen molar-refractivity contribution in [2.45, 2.75) is 13.0 Å². The molecule has 2 aromatic rings. The normalized spacial score (nSPS) is 11.4. The van der Waals surface area contributed by atoms with Crippen molar-refractivity contribution in [1.82, 2.24) is 0 Å². The summed E-state index contributed by atoms with van der Waals surface area (Å²) in [5, 5.41) is 17.5. The first-order valence-electron chi connectivity index (χ1n) is 6.10. The number of benzene rings is 2. The van der Waals surface area contributed by atoms with Gasteiger partial charge in [0, 0.05) is 0 Å². The van der Waals surface area contributed by atoms with Gasteiger partial charge in [-0.15, -0.1) is 0 Å². The summed E-state index contributed by atoms with van der Waals surface area (Å²) in [6.45, 7) is 1.48. The Morgan fingerprint density at radius 1 is 1.10 bits per heavy atom. The molecule has 0 spiro atoms. The summed E-state index contributed by atoms with van der Waals surface area (Å²) in [5.74, 6) is -0.488. The molecule has 0 aliphatic rings. The number of nitriles is 1. The van der Waals surface area contributed by atoms with Crippen LogP contribution in [0.25, 0.3) is 11.1 Å². The lowest BCUT2D eigenvalue weighted by Crippen LogP contribution is -2.22. The second kappa shape index (κ2) is 5.89. The maximum atomic E-state index is 10.7. The van der Waals surface area contributed by atoms with E-state index in [4.69, 9.17) is 15.1 Å². The van der Waals surface area contributed by atoms with Crippen LogP contribution in [0, 0.1) is 11.3 Å². The lowest BCUT2D eigenvalue weighted by Gasteiger charge is -2.10. The number of hydrogen-bond donors (Lipinski definition) is 1. The molecule has 0 heterocycles. The zero-order valence-electron chi connectivity index (χ0n) is 10.9. The first kappa shape index (κ1) is 13.6. The summed E-state index contributed by atoms with van der Waals surface area (Å²) in [7, 11) is 0. The number of carbonyl (C=O) groups is 1. The van der Waals surface area contributed by atoms with Gasteiger partial charge in [-0.3, -0.25) is 0 Å². The molecule has 0 aliphatic carbocycles. The largest absolute Gasteiger partial charge is 0.479 e. The highest BCUT2D eigenvalue weighted by Gasteiger charge is 2.12. The Bertz CT molecular complexity index is 639. The molecule has 1 unspecified atom stereocenters. The van der Waals surface area contributed by atoms with E-state index in [1.54, 1.807) is 24.3 Å². The first-order valence-corrected chi connectivity index (χ1v) is 6.10. The van der Waals surface area contributed by atoms with Gasteiger partial charge in [-0.05, 0) is 42.3 Å². The van der Waals surface area contributed by atoms with Gasteiger partial charge >= 0.3 is 5.97 Å². The van der Waals surface area contributed by atoms with E-state index in [1.165, 1.54) is 6.92 Å². The van der Waals surface area contributed by atoms with E-state index >= 15 is 0 Å². The zero-order chi connectivity index (χ0) is 14.5. The van der Waals surface area contributed by atoms with Crippen molar-refractivity contribution in [3.8, 4) is 22.9 Å². The Kier molecular flexibility index (Phi) is 4.02. The highest BCUT2D eigenvalue weighted by Crippen LogP contribution is 2.23. The van der Waals surface area contributed by atoms with E-state index < -0.39 is 12.1 Å². The standard InChI is InChI=1S/C16H13NO3/c1-11(16(18)19)20-15-8-6-14(7-9-15)13-4-2-12(10-17)3-5-13/h2-9,11H,1H3,(H,18,19). The van der Waals surface area contributed by atoms with Crippen molar-refractivity contribution >= 4 is 5.97 Å². The van der Waals surface area contributed by atoms with E-state index in [9.17, 15) is 4.79 Å². The summed E-state index contributed by atoms with van der Waals surface area (Å²) < 4.78 is 5.26. The van der Waals surface area contributed by atoms with Gasteiger partial charge in [0.2, 0.25) is 0 Å². The quantitative estimate of drug-likeness (QED) is 0.924. The number of carboxylic acids is 1. The highest BCUT2D eigenvalue weighted by molar-refractivity contribution is 5.72. The maximum Gasteiger partial charge on any atom is 0.344 e. The summed E-state index contributed by atoms with van der Waals surface area (Å²) in [6.07, 6.45) is -0.879. The molecule has 0 saturated carbocycles.